The van der Waals surface area contributed by atoms with Crippen molar-refractivity contribution in [2.24, 2.45) is 0 Å². The predicted octanol–water partition coefficient (Wildman–Crippen LogP) is 4.59. The standard InChI is InChI=1S/C22H26ClN3O2S/c1-3-26(4-2)19(16-7-5-6-8-17(16)23)14-24-22(28)15-9-10-20-18(13-15)25-21(27)11-12-29-20/h5-10,13,19H,3-4,11-12,14H2,1-2H3,(H,24,28)(H,25,27). The van der Waals surface area contributed by atoms with Crippen LogP contribution < -0.4 is 10.6 Å². The molecule has 0 bridgehead atoms. The lowest BCUT2D eigenvalue weighted by Gasteiger charge is -2.31. The Morgan fingerprint density at radius 2 is 2.00 bits per heavy atom. The van der Waals surface area contributed by atoms with Gasteiger partial charge in [-0.1, -0.05) is 43.6 Å². The third-order valence-electron chi connectivity index (χ3n) is 5.08. The molecule has 29 heavy (non-hydrogen) atoms. The van der Waals surface area contributed by atoms with Crippen molar-refractivity contribution >= 4 is 40.9 Å². The van der Waals surface area contributed by atoms with Gasteiger partial charge in [-0.2, -0.15) is 0 Å². The second-order valence-corrected chi connectivity index (χ2v) is 8.37. The van der Waals surface area contributed by atoms with Crippen LogP contribution in [0.25, 0.3) is 0 Å². The van der Waals surface area contributed by atoms with Crippen molar-refractivity contribution in [2.45, 2.75) is 31.2 Å². The van der Waals surface area contributed by atoms with Crippen LogP contribution in [0.4, 0.5) is 5.69 Å². The van der Waals surface area contributed by atoms with E-state index in [2.05, 4.69) is 29.4 Å². The highest BCUT2D eigenvalue weighted by atomic mass is 35.5. The van der Waals surface area contributed by atoms with Crippen molar-refractivity contribution in [3.63, 3.8) is 0 Å². The summed E-state index contributed by atoms with van der Waals surface area (Å²) in [6, 6.07) is 13.2. The van der Waals surface area contributed by atoms with Gasteiger partial charge in [0.1, 0.15) is 0 Å². The first kappa shape index (κ1) is 21.7. The molecule has 0 aromatic heterocycles. The van der Waals surface area contributed by atoms with Gasteiger partial charge < -0.3 is 10.6 Å². The molecule has 2 N–H and O–H groups in total. The van der Waals surface area contributed by atoms with E-state index in [-0.39, 0.29) is 17.9 Å². The van der Waals surface area contributed by atoms with Gasteiger partial charge >= 0.3 is 0 Å². The average molecular weight is 432 g/mol. The highest BCUT2D eigenvalue weighted by molar-refractivity contribution is 7.99. The molecule has 7 heteroatoms. The zero-order valence-electron chi connectivity index (χ0n) is 16.7. The Morgan fingerprint density at radius 3 is 2.72 bits per heavy atom. The van der Waals surface area contributed by atoms with Gasteiger partial charge in [-0.05, 0) is 42.9 Å². The van der Waals surface area contributed by atoms with Crippen LogP contribution in [0.2, 0.25) is 5.02 Å². The molecule has 0 aliphatic carbocycles. The number of rotatable bonds is 7. The summed E-state index contributed by atoms with van der Waals surface area (Å²) in [5, 5.41) is 6.63. The molecular formula is C22H26ClN3O2S. The first-order valence-corrected chi connectivity index (χ1v) is 11.2. The molecule has 154 valence electrons. The van der Waals surface area contributed by atoms with Gasteiger partial charge in [0, 0.05) is 34.2 Å². The Balaban J connectivity index is 1.77. The van der Waals surface area contributed by atoms with Crippen LogP contribution in [0.1, 0.15) is 42.2 Å². The first-order chi connectivity index (χ1) is 14.0. The molecular weight excluding hydrogens is 406 g/mol. The quantitative estimate of drug-likeness (QED) is 0.673. The number of hydrogen-bond donors (Lipinski definition) is 2. The topological polar surface area (TPSA) is 61.4 Å². The summed E-state index contributed by atoms with van der Waals surface area (Å²) < 4.78 is 0. The fourth-order valence-corrected chi connectivity index (χ4v) is 4.70. The van der Waals surface area contributed by atoms with Crippen molar-refractivity contribution in [3.8, 4) is 0 Å². The Hall–Kier alpha value is -2.02. The van der Waals surface area contributed by atoms with Gasteiger partial charge in [0.15, 0.2) is 0 Å². The van der Waals surface area contributed by atoms with Crippen LogP contribution in [0, 0.1) is 0 Å². The molecule has 1 atom stereocenters. The smallest absolute Gasteiger partial charge is 0.251 e. The van der Waals surface area contributed by atoms with E-state index < -0.39 is 0 Å². The Kier molecular flexibility index (Phi) is 7.58. The van der Waals surface area contributed by atoms with Crippen LogP contribution in [-0.4, -0.2) is 42.1 Å². The van der Waals surface area contributed by atoms with Crippen molar-refractivity contribution in [1.82, 2.24) is 10.2 Å². The molecule has 0 radical (unpaired) electrons. The molecule has 0 spiro atoms. The number of nitrogens with zero attached hydrogens (tertiary/aromatic N) is 1. The number of carbonyl (C=O) groups is 2. The minimum absolute atomic E-state index is 0.0151. The van der Waals surface area contributed by atoms with E-state index >= 15 is 0 Å². The van der Waals surface area contributed by atoms with Crippen LogP contribution in [0.15, 0.2) is 47.4 Å². The van der Waals surface area contributed by atoms with E-state index in [4.69, 9.17) is 11.6 Å². The molecule has 0 saturated carbocycles. The second kappa shape index (κ2) is 10.1. The van der Waals surface area contributed by atoms with Crippen molar-refractivity contribution in [3.05, 3.63) is 58.6 Å². The van der Waals surface area contributed by atoms with E-state index in [0.29, 0.717) is 29.2 Å². The maximum atomic E-state index is 12.8. The molecule has 5 nitrogen and oxygen atoms in total. The number of halogens is 1. The van der Waals surface area contributed by atoms with E-state index in [9.17, 15) is 9.59 Å². The molecule has 0 fully saturated rings. The van der Waals surface area contributed by atoms with Gasteiger partial charge in [-0.3, -0.25) is 14.5 Å². The van der Waals surface area contributed by atoms with E-state index in [0.717, 1.165) is 29.3 Å². The number of nitrogens with one attached hydrogen (secondary N) is 2. The molecule has 2 amide bonds. The molecule has 0 saturated heterocycles. The highest BCUT2D eigenvalue weighted by Crippen LogP contribution is 2.32. The molecule has 1 aliphatic rings. The van der Waals surface area contributed by atoms with Crippen LogP contribution in [0.5, 0.6) is 0 Å². The summed E-state index contributed by atoms with van der Waals surface area (Å²) >= 11 is 8.06. The zero-order valence-corrected chi connectivity index (χ0v) is 18.3. The lowest BCUT2D eigenvalue weighted by atomic mass is 10.0. The molecule has 2 aromatic rings. The third kappa shape index (κ3) is 5.32. The highest BCUT2D eigenvalue weighted by Gasteiger charge is 2.22. The summed E-state index contributed by atoms with van der Waals surface area (Å²) in [5.41, 5.74) is 2.24. The van der Waals surface area contributed by atoms with E-state index in [1.54, 1.807) is 23.9 Å². The molecule has 1 unspecified atom stereocenters. The number of likely N-dealkylation sites (N-methyl/N-ethyl adjacent to an activating group) is 1. The zero-order chi connectivity index (χ0) is 20.8. The lowest BCUT2D eigenvalue weighted by molar-refractivity contribution is -0.115. The number of fused-ring (bicyclic) bond motifs is 1. The Labute approximate surface area is 181 Å². The number of carbonyl (C=O) groups excluding carboxylic acids is 2. The van der Waals surface area contributed by atoms with E-state index in [1.165, 1.54) is 0 Å². The fraction of sp³-hybridized carbons (Fsp3) is 0.364. The number of anilines is 1. The monoisotopic (exact) mass is 431 g/mol. The van der Waals surface area contributed by atoms with Crippen molar-refractivity contribution < 1.29 is 9.59 Å². The lowest BCUT2D eigenvalue weighted by Crippen LogP contribution is -2.38. The molecule has 2 aromatic carbocycles. The number of thioether (sulfide) groups is 1. The van der Waals surface area contributed by atoms with Crippen molar-refractivity contribution in [2.75, 3.05) is 30.7 Å². The van der Waals surface area contributed by atoms with Crippen molar-refractivity contribution in [1.29, 1.82) is 0 Å². The number of amides is 2. The molecule has 3 rings (SSSR count). The summed E-state index contributed by atoms with van der Waals surface area (Å²) in [5.74, 6) is 0.558. The first-order valence-electron chi connectivity index (χ1n) is 9.86. The van der Waals surface area contributed by atoms with Crippen LogP contribution in [0.3, 0.4) is 0 Å². The van der Waals surface area contributed by atoms with Crippen LogP contribution in [-0.2, 0) is 4.79 Å². The summed E-state index contributed by atoms with van der Waals surface area (Å²) in [6.07, 6.45) is 0.476. The van der Waals surface area contributed by atoms with Crippen LogP contribution >= 0.6 is 23.4 Å². The SMILES string of the molecule is CCN(CC)C(CNC(=O)c1ccc2c(c1)NC(=O)CCS2)c1ccccc1Cl. The second-order valence-electron chi connectivity index (χ2n) is 6.83. The van der Waals surface area contributed by atoms with Gasteiger partial charge in [-0.25, -0.2) is 0 Å². The minimum atomic E-state index is -0.166. The van der Waals surface area contributed by atoms with Gasteiger partial charge in [0.2, 0.25) is 5.91 Å². The van der Waals surface area contributed by atoms with Gasteiger partial charge in [-0.15, -0.1) is 11.8 Å². The third-order valence-corrected chi connectivity index (χ3v) is 6.50. The summed E-state index contributed by atoms with van der Waals surface area (Å²) in [4.78, 5) is 27.9. The predicted molar refractivity (Wildman–Crippen MR) is 120 cm³/mol. The van der Waals surface area contributed by atoms with Gasteiger partial charge in [0.25, 0.3) is 5.91 Å². The molecule has 1 aliphatic heterocycles. The molecule has 1 heterocycles. The summed E-state index contributed by atoms with van der Waals surface area (Å²) in [7, 11) is 0. The van der Waals surface area contributed by atoms with Gasteiger partial charge in [0.05, 0.1) is 11.7 Å². The Bertz CT molecular complexity index is 886. The fourth-order valence-electron chi connectivity index (χ4n) is 3.50. The minimum Gasteiger partial charge on any atom is -0.350 e. The van der Waals surface area contributed by atoms with E-state index in [1.807, 2.05) is 30.3 Å². The maximum absolute atomic E-state index is 12.8. The summed E-state index contributed by atoms with van der Waals surface area (Å²) in [6.45, 7) is 6.35. The Morgan fingerprint density at radius 1 is 1.24 bits per heavy atom. The number of benzene rings is 2. The normalized spacial score (nSPS) is 14.7. The number of hydrogen-bond acceptors (Lipinski definition) is 4. The maximum Gasteiger partial charge on any atom is 0.251 e. The largest absolute Gasteiger partial charge is 0.350 e. The average Bonchev–Trinajstić information content (AvgIpc) is 2.91.